The summed E-state index contributed by atoms with van der Waals surface area (Å²) in [5.74, 6) is 1.68. The standard InChI is InChI=1S/C25H28N2O6S/c1-5-33-21-12-14-23(15-13-21)34(29,30)26-20-9-6-18(7-10-20)25(28)27(2)17-19-8-11-22(31-3)16-24(19)32-4/h6-16,26H,5,17H2,1-4H3. The zero-order valence-corrected chi connectivity index (χ0v) is 20.4. The molecule has 34 heavy (non-hydrogen) atoms. The first-order valence-electron chi connectivity index (χ1n) is 10.6. The maximum Gasteiger partial charge on any atom is 0.261 e. The summed E-state index contributed by atoms with van der Waals surface area (Å²) in [6.07, 6.45) is 0. The number of nitrogens with one attached hydrogen (secondary N) is 1. The number of anilines is 1. The number of carbonyl (C=O) groups is 1. The van der Waals surface area contributed by atoms with Crippen molar-refractivity contribution in [2.45, 2.75) is 18.4 Å². The summed E-state index contributed by atoms with van der Waals surface area (Å²) in [5.41, 5.74) is 1.61. The quantitative estimate of drug-likeness (QED) is 0.464. The van der Waals surface area contributed by atoms with Crippen LogP contribution in [0.2, 0.25) is 0 Å². The van der Waals surface area contributed by atoms with Gasteiger partial charge in [0.1, 0.15) is 17.2 Å². The van der Waals surface area contributed by atoms with E-state index in [2.05, 4.69) is 4.72 Å². The molecule has 0 radical (unpaired) electrons. The number of hydrogen-bond acceptors (Lipinski definition) is 6. The molecule has 9 heteroatoms. The van der Waals surface area contributed by atoms with Crippen LogP contribution in [0.3, 0.4) is 0 Å². The van der Waals surface area contributed by atoms with Crippen LogP contribution in [0.5, 0.6) is 17.2 Å². The molecule has 0 aliphatic rings. The van der Waals surface area contributed by atoms with E-state index in [1.807, 2.05) is 13.0 Å². The van der Waals surface area contributed by atoms with Gasteiger partial charge in [-0.15, -0.1) is 0 Å². The van der Waals surface area contributed by atoms with E-state index in [9.17, 15) is 13.2 Å². The van der Waals surface area contributed by atoms with Crippen LogP contribution in [0.1, 0.15) is 22.8 Å². The SMILES string of the molecule is CCOc1ccc(S(=O)(=O)Nc2ccc(C(=O)N(C)Cc3ccc(OC)cc3OC)cc2)cc1. The Labute approximate surface area is 200 Å². The molecule has 3 aromatic carbocycles. The molecule has 0 atom stereocenters. The Morgan fingerprint density at radius 3 is 2.15 bits per heavy atom. The van der Waals surface area contributed by atoms with E-state index in [0.29, 0.717) is 41.7 Å². The fourth-order valence-corrected chi connectivity index (χ4v) is 4.37. The van der Waals surface area contributed by atoms with Crippen LogP contribution in [0, 0.1) is 0 Å². The van der Waals surface area contributed by atoms with Crippen molar-refractivity contribution in [3.63, 3.8) is 0 Å². The third-order valence-corrected chi connectivity index (χ3v) is 6.47. The van der Waals surface area contributed by atoms with Crippen molar-refractivity contribution >= 4 is 21.6 Å². The molecule has 0 saturated heterocycles. The summed E-state index contributed by atoms with van der Waals surface area (Å²) < 4.78 is 43.8. The van der Waals surface area contributed by atoms with Crippen molar-refractivity contribution in [1.29, 1.82) is 0 Å². The van der Waals surface area contributed by atoms with Crippen molar-refractivity contribution in [2.24, 2.45) is 0 Å². The van der Waals surface area contributed by atoms with Crippen molar-refractivity contribution < 1.29 is 27.4 Å². The Bertz CT molecular complexity index is 1230. The van der Waals surface area contributed by atoms with E-state index in [1.54, 1.807) is 74.7 Å². The van der Waals surface area contributed by atoms with Gasteiger partial charge in [0.05, 0.1) is 25.7 Å². The fraction of sp³-hybridized carbons (Fsp3) is 0.240. The third-order valence-electron chi connectivity index (χ3n) is 5.08. The number of methoxy groups -OCH3 is 2. The number of amides is 1. The minimum Gasteiger partial charge on any atom is -0.497 e. The number of hydrogen-bond donors (Lipinski definition) is 1. The topological polar surface area (TPSA) is 94.2 Å². The van der Waals surface area contributed by atoms with Crippen LogP contribution in [-0.4, -0.2) is 47.1 Å². The van der Waals surface area contributed by atoms with Gasteiger partial charge in [0, 0.05) is 36.5 Å². The zero-order valence-electron chi connectivity index (χ0n) is 19.6. The van der Waals surface area contributed by atoms with Crippen LogP contribution >= 0.6 is 0 Å². The normalized spacial score (nSPS) is 10.9. The molecule has 0 aliphatic carbocycles. The molecular weight excluding hydrogens is 456 g/mol. The molecule has 0 fully saturated rings. The highest BCUT2D eigenvalue weighted by molar-refractivity contribution is 7.92. The predicted octanol–water partition coefficient (Wildman–Crippen LogP) is 4.18. The van der Waals surface area contributed by atoms with Crippen LogP contribution in [-0.2, 0) is 16.6 Å². The lowest BCUT2D eigenvalue weighted by atomic mass is 10.1. The summed E-state index contributed by atoms with van der Waals surface area (Å²) in [7, 11) is 1.05. The van der Waals surface area contributed by atoms with Gasteiger partial charge in [0.25, 0.3) is 15.9 Å². The van der Waals surface area contributed by atoms with E-state index in [-0.39, 0.29) is 10.8 Å². The lowest BCUT2D eigenvalue weighted by Crippen LogP contribution is -2.26. The summed E-state index contributed by atoms with van der Waals surface area (Å²) >= 11 is 0. The Hall–Kier alpha value is -3.72. The number of rotatable bonds is 10. The van der Waals surface area contributed by atoms with Crippen molar-refractivity contribution in [1.82, 2.24) is 4.90 Å². The van der Waals surface area contributed by atoms with E-state index in [1.165, 1.54) is 12.1 Å². The minimum atomic E-state index is -3.77. The number of carbonyl (C=O) groups excluding carboxylic acids is 1. The molecule has 0 spiro atoms. The highest BCUT2D eigenvalue weighted by atomic mass is 32.2. The second-order valence-corrected chi connectivity index (χ2v) is 9.11. The van der Waals surface area contributed by atoms with Crippen molar-refractivity contribution in [3.05, 3.63) is 77.9 Å². The van der Waals surface area contributed by atoms with E-state index < -0.39 is 10.0 Å². The van der Waals surface area contributed by atoms with Gasteiger partial charge in [-0.1, -0.05) is 0 Å². The molecule has 0 bridgehead atoms. The van der Waals surface area contributed by atoms with Gasteiger partial charge in [-0.2, -0.15) is 0 Å². The maximum atomic E-state index is 12.9. The molecule has 8 nitrogen and oxygen atoms in total. The van der Waals surface area contributed by atoms with E-state index in [0.717, 1.165) is 5.56 Å². The molecule has 0 saturated carbocycles. The van der Waals surface area contributed by atoms with Crippen molar-refractivity contribution in [2.75, 3.05) is 32.6 Å². The lowest BCUT2D eigenvalue weighted by Gasteiger charge is -2.19. The number of ether oxygens (including phenoxy) is 3. The molecule has 0 aromatic heterocycles. The summed E-state index contributed by atoms with van der Waals surface area (Å²) in [6.45, 7) is 2.69. The summed E-state index contributed by atoms with van der Waals surface area (Å²) in [4.78, 5) is 14.6. The third kappa shape index (κ3) is 5.99. The van der Waals surface area contributed by atoms with Gasteiger partial charge in [0.15, 0.2) is 0 Å². The molecular formula is C25H28N2O6S. The molecule has 180 valence electrons. The van der Waals surface area contributed by atoms with Crippen LogP contribution in [0.15, 0.2) is 71.6 Å². The average Bonchev–Trinajstić information content (AvgIpc) is 2.84. The zero-order chi connectivity index (χ0) is 24.7. The van der Waals surface area contributed by atoms with Crippen molar-refractivity contribution in [3.8, 4) is 17.2 Å². The first-order chi connectivity index (χ1) is 16.3. The van der Waals surface area contributed by atoms with Gasteiger partial charge in [-0.05, 0) is 67.6 Å². The molecule has 1 amide bonds. The molecule has 3 rings (SSSR count). The van der Waals surface area contributed by atoms with Gasteiger partial charge >= 0.3 is 0 Å². The largest absolute Gasteiger partial charge is 0.497 e. The van der Waals surface area contributed by atoms with Gasteiger partial charge in [0.2, 0.25) is 0 Å². The highest BCUT2D eigenvalue weighted by Gasteiger charge is 2.17. The van der Waals surface area contributed by atoms with Crippen LogP contribution in [0.25, 0.3) is 0 Å². The van der Waals surface area contributed by atoms with Crippen LogP contribution in [0.4, 0.5) is 5.69 Å². The Morgan fingerprint density at radius 2 is 1.56 bits per heavy atom. The van der Waals surface area contributed by atoms with Gasteiger partial charge in [-0.25, -0.2) is 8.42 Å². The number of benzene rings is 3. The Kier molecular flexibility index (Phi) is 8.01. The first-order valence-corrected chi connectivity index (χ1v) is 12.1. The smallest absolute Gasteiger partial charge is 0.261 e. The fourth-order valence-electron chi connectivity index (χ4n) is 3.31. The lowest BCUT2D eigenvalue weighted by molar-refractivity contribution is 0.0784. The molecule has 3 aromatic rings. The Balaban J connectivity index is 1.68. The van der Waals surface area contributed by atoms with Gasteiger partial charge in [-0.3, -0.25) is 9.52 Å². The predicted molar refractivity (Wildman–Crippen MR) is 130 cm³/mol. The van der Waals surface area contributed by atoms with E-state index >= 15 is 0 Å². The van der Waals surface area contributed by atoms with Crippen LogP contribution < -0.4 is 18.9 Å². The summed E-state index contributed by atoms with van der Waals surface area (Å²) in [5, 5.41) is 0. The van der Waals surface area contributed by atoms with Gasteiger partial charge < -0.3 is 19.1 Å². The molecule has 1 N–H and O–H groups in total. The summed E-state index contributed by atoms with van der Waals surface area (Å²) in [6, 6.07) is 17.9. The molecule has 0 heterocycles. The minimum absolute atomic E-state index is 0.115. The first kappa shape index (κ1) is 24.9. The molecule has 0 unspecified atom stereocenters. The second kappa shape index (κ2) is 10.9. The van der Waals surface area contributed by atoms with E-state index in [4.69, 9.17) is 14.2 Å². The monoisotopic (exact) mass is 484 g/mol. The maximum absolute atomic E-state index is 12.9. The Morgan fingerprint density at radius 1 is 0.912 bits per heavy atom. The second-order valence-electron chi connectivity index (χ2n) is 7.43. The molecule has 0 aliphatic heterocycles. The number of sulfonamides is 1. The highest BCUT2D eigenvalue weighted by Crippen LogP contribution is 2.26. The average molecular weight is 485 g/mol. The number of nitrogens with zero attached hydrogens (tertiary/aromatic N) is 1.